The molecule has 1 aliphatic rings. The number of aromatic nitrogens is 3. The first-order chi connectivity index (χ1) is 17.8. The molecule has 9 nitrogen and oxygen atoms in total. The van der Waals surface area contributed by atoms with Gasteiger partial charge in [-0.05, 0) is 73.0 Å². The fourth-order valence-electron chi connectivity index (χ4n) is 4.94. The second-order valence-corrected chi connectivity index (χ2v) is 9.39. The van der Waals surface area contributed by atoms with Crippen molar-refractivity contribution in [3.05, 3.63) is 69.6 Å². The molecule has 5 aromatic rings. The molecular weight excluding hydrogens is 475 g/mol. The van der Waals surface area contributed by atoms with Gasteiger partial charge < -0.3 is 25.1 Å². The Labute approximate surface area is 211 Å². The average Bonchev–Trinajstić information content (AvgIpc) is 3.24. The number of aromatic amines is 1. The van der Waals surface area contributed by atoms with Crippen LogP contribution >= 0.6 is 0 Å². The summed E-state index contributed by atoms with van der Waals surface area (Å²) < 4.78 is 26.2. The molecule has 0 spiro atoms. The van der Waals surface area contributed by atoms with Crippen LogP contribution in [0.4, 0.5) is 21.7 Å². The number of oxazole rings is 1. The number of anilines is 3. The van der Waals surface area contributed by atoms with Crippen LogP contribution in [0.1, 0.15) is 16.7 Å². The molecule has 2 aromatic heterocycles. The Bertz CT molecular complexity index is 1760. The number of nitrogens with zero attached hydrogens (tertiary/aromatic N) is 3. The Balaban J connectivity index is 1.44. The molecule has 0 fully saturated rings. The van der Waals surface area contributed by atoms with Crippen molar-refractivity contribution in [3.63, 3.8) is 0 Å². The number of nitrogens with two attached hydrogens (primary N) is 1. The van der Waals surface area contributed by atoms with E-state index in [4.69, 9.17) is 14.9 Å². The zero-order valence-electron chi connectivity index (χ0n) is 20.6. The van der Waals surface area contributed by atoms with Crippen LogP contribution in [0.3, 0.4) is 0 Å². The van der Waals surface area contributed by atoms with E-state index in [0.717, 1.165) is 30.8 Å². The summed E-state index contributed by atoms with van der Waals surface area (Å²) in [5.41, 5.74) is 12.3. The molecule has 3 aromatic carbocycles. The maximum absolute atomic E-state index is 15.4. The summed E-state index contributed by atoms with van der Waals surface area (Å²) in [7, 11) is 3.72. The molecule has 1 aliphatic heterocycles. The van der Waals surface area contributed by atoms with Crippen molar-refractivity contribution >= 4 is 39.3 Å². The van der Waals surface area contributed by atoms with E-state index in [1.54, 1.807) is 25.3 Å². The molecule has 0 saturated carbocycles. The Morgan fingerprint density at radius 2 is 2.03 bits per heavy atom. The molecule has 10 heteroatoms. The highest BCUT2D eigenvalue weighted by atomic mass is 19.1. The Kier molecular flexibility index (Phi) is 5.34. The van der Waals surface area contributed by atoms with Gasteiger partial charge in [0.15, 0.2) is 11.4 Å². The van der Waals surface area contributed by atoms with Crippen molar-refractivity contribution in [2.45, 2.75) is 19.9 Å². The highest BCUT2D eigenvalue weighted by molar-refractivity contribution is 5.96. The number of aryl methyl sites for hydroxylation is 1. The number of H-pyrrole nitrogens is 1. The predicted octanol–water partition coefficient (Wildman–Crippen LogP) is 4.50. The number of nitrogens with one attached hydrogen (secondary N) is 2. The van der Waals surface area contributed by atoms with E-state index in [0.29, 0.717) is 39.3 Å². The molecule has 0 saturated heterocycles. The van der Waals surface area contributed by atoms with Gasteiger partial charge in [0, 0.05) is 30.2 Å². The maximum atomic E-state index is 15.4. The van der Waals surface area contributed by atoms with Crippen LogP contribution in [0.2, 0.25) is 0 Å². The van der Waals surface area contributed by atoms with E-state index in [-0.39, 0.29) is 11.3 Å². The van der Waals surface area contributed by atoms with Crippen LogP contribution in [0, 0.1) is 12.7 Å². The third-order valence-electron chi connectivity index (χ3n) is 6.89. The monoisotopic (exact) mass is 500 g/mol. The van der Waals surface area contributed by atoms with Crippen LogP contribution in [-0.4, -0.2) is 40.6 Å². The van der Waals surface area contributed by atoms with Gasteiger partial charge in [-0.2, -0.15) is 0 Å². The molecule has 3 heterocycles. The number of hydrogen-bond acceptors (Lipinski definition) is 8. The van der Waals surface area contributed by atoms with Crippen LogP contribution in [0.5, 0.6) is 5.75 Å². The number of rotatable bonds is 4. The quantitative estimate of drug-likeness (QED) is 0.308. The third kappa shape index (κ3) is 3.95. The summed E-state index contributed by atoms with van der Waals surface area (Å²) in [6.45, 7) is 3.67. The zero-order valence-corrected chi connectivity index (χ0v) is 20.6. The van der Waals surface area contributed by atoms with Crippen molar-refractivity contribution in [3.8, 4) is 16.9 Å². The summed E-state index contributed by atoms with van der Waals surface area (Å²) in [5, 5.41) is 3.66. The standard InChI is InChI=1S/C27H25FN6O3/c1-13-6-20-23(37-27(35)33-20)10-16(13)17-9-19-18(25(29)24(17)28)11-30-26(31-19)32-21-7-15-12-34(2)5-4-14(15)8-22(21)36-3/h6-11H,4-5,12,29H2,1-3H3,(H,33,35)(H,30,31,32). The number of halogens is 1. The number of fused-ring (bicyclic) bond motifs is 3. The van der Waals surface area contributed by atoms with Gasteiger partial charge in [-0.3, -0.25) is 4.98 Å². The third-order valence-corrected chi connectivity index (χ3v) is 6.89. The normalized spacial score (nSPS) is 13.7. The Hall–Kier alpha value is -4.44. The lowest BCUT2D eigenvalue weighted by Gasteiger charge is -2.26. The summed E-state index contributed by atoms with van der Waals surface area (Å²) in [5.74, 6) is -0.130. The highest BCUT2D eigenvalue weighted by Crippen LogP contribution is 2.37. The molecule has 0 bridgehead atoms. The minimum absolute atomic E-state index is 0.0523. The van der Waals surface area contributed by atoms with Crippen molar-refractivity contribution in [1.29, 1.82) is 0 Å². The number of ether oxygens (including phenoxy) is 1. The topological polar surface area (TPSA) is 122 Å². The molecule has 37 heavy (non-hydrogen) atoms. The predicted molar refractivity (Wildman–Crippen MR) is 141 cm³/mol. The van der Waals surface area contributed by atoms with Crippen LogP contribution in [-0.2, 0) is 13.0 Å². The van der Waals surface area contributed by atoms with Gasteiger partial charge in [0.2, 0.25) is 5.95 Å². The van der Waals surface area contributed by atoms with Crippen molar-refractivity contribution < 1.29 is 13.5 Å². The lowest BCUT2D eigenvalue weighted by Crippen LogP contribution is -2.26. The first kappa shape index (κ1) is 23.0. The first-order valence-electron chi connectivity index (χ1n) is 11.8. The minimum atomic E-state index is -0.586. The molecule has 0 aliphatic carbocycles. The summed E-state index contributed by atoms with van der Waals surface area (Å²) in [6, 6.07) is 9.11. The van der Waals surface area contributed by atoms with Gasteiger partial charge >= 0.3 is 5.76 Å². The minimum Gasteiger partial charge on any atom is -0.495 e. The molecule has 0 atom stereocenters. The van der Waals surface area contributed by atoms with E-state index < -0.39 is 11.6 Å². The SMILES string of the molecule is COc1cc2c(cc1Nc1ncc3c(N)c(F)c(-c4cc5oc(=O)[nH]c5cc4C)cc3n1)CN(C)CC2. The second kappa shape index (κ2) is 8.59. The van der Waals surface area contributed by atoms with Crippen molar-refractivity contribution in [2.24, 2.45) is 0 Å². The van der Waals surface area contributed by atoms with Crippen LogP contribution in [0.15, 0.2) is 45.7 Å². The van der Waals surface area contributed by atoms with Crippen LogP contribution < -0.4 is 21.5 Å². The average molecular weight is 501 g/mol. The van der Waals surface area contributed by atoms with Gasteiger partial charge in [-0.25, -0.2) is 19.2 Å². The molecule has 188 valence electrons. The van der Waals surface area contributed by atoms with E-state index >= 15 is 4.39 Å². The molecule has 0 unspecified atom stereocenters. The van der Waals surface area contributed by atoms with Crippen molar-refractivity contribution in [1.82, 2.24) is 19.9 Å². The van der Waals surface area contributed by atoms with Gasteiger partial charge in [-0.15, -0.1) is 0 Å². The van der Waals surface area contributed by atoms with Gasteiger partial charge in [0.25, 0.3) is 0 Å². The van der Waals surface area contributed by atoms with E-state index in [2.05, 4.69) is 44.3 Å². The number of hydrogen-bond donors (Lipinski definition) is 3. The van der Waals surface area contributed by atoms with Crippen LogP contribution in [0.25, 0.3) is 33.1 Å². The zero-order chi connectivity index (χ0) is 25.8. The fourth-order valence-corrected chi connectivity index (χ4v) is 4.94. The molecule has 6 rings (SSSR count). The number of likely N-dealkylation sites (N-methyl/N-ethyl adjacent to an activating group) is 1. The number of methoxy groups -OCH3 is 1. The first-order valence-corrected chi connectivity index (χ1v) is 11.8. The van der Waals surface area contributed by atoms with E-state index in [1.807, 2.05) is 6.92 Å². The second-order valence-electron chi connectivity index (χ2n) is 9.39. The Morgan fingerprint density at radius 1 is 1.19 bits per heavy atom. The smallest absolute Gasteiger partial charge is 0.417 e. The van der Waals surface area contributed by atoms with E-state index in [1.165, 1.54) is 17.3 Å². The van der Waals surface area contributed by atoms with Gasteiger partial charge in [0.1, 0.15) is 5.75 Å². The maximum Gasteiger partial charge on any atom is 0.417 e. The van der Waals surface area contributed by atoms with Crippen molar-refractivity contribution in [2.75, 3.05) is 31.8 Å². The summed E-state index contributed by atoms with van der Waals surface area (Å²) >= 11 is 0. The lowest BCUT2D eigenvalue weighted by atomic mass is 9.97. The number of nitrogen functional groups attached to an aromatic ring is 1. The molecular formula is C27H25FN6O3. The van der Waals surface area contributed by atoms with Gasteiger partial charge in [-0.1, -0.05) is 0 Å². The molecule has 4 N–H and O–H groups in total. The fraction of sp³-hybridized carbons (Fsp3) is 0.222. The Morgan fingerprint density at radius 3 is 2.84 bits per heavy atom. The lowest BCUT2D eigenvalue weighted by molar-refractivity contribution is 0.312. The summed E-state index contributed by atoms with van der Waals surface area (Å²) in [4.78, 5) is 25.5. The van der Waals surface area contributed by atoms with Gasteiger partial charge in [0.05, 0.1) is 29.5 Å². The highest BCUT2D eigenvalue weighted by Gasteiger charge is 2.20. The number of benzene rings is 3. The summed E-state index contributed by atoms with van der Waals surface area (Å²) in [6.07, 6.45) is 2.46. The van der Waals surface area contributed by atoms with E-state index in [9.17, 15) is 4.79 Å². The largest absolute Gasteiger partial charge is 0.495 e. The molecule has 0 radical (unpaired) electrons. The molecule has 0 amide bonds.